The van der Waals surface area contributed by atoms with Crippen LogP contribution in [0.15, 0.2) is 28.7 Å². The molecule has 0 aliphatic carbocycles. The maximum absolute atomic E-state index is 12.5. The summed E-state index contributed by atoms with van der Waals surface area (Å²) in [6.07, 6.45) is 0.194. The fourth-order valence-electron chi connectivity index (χ4n) is 2.34. The van der Waals surface area contributed by atoms with E-state index in [0.717, 1.165) is 10.2 Å². The van der Waals surface area contributed by atoms with E-state index in [4.69, 9.17) is 5.26 Å². The number of nitrogens with zero attached hydrogens (tertiary/aromatic N) is 2. The van der Waals surface area contributed by atoms with Gasteiger partial charge in [-0.05, 0) is 32.0 Å². The average Bonchev–Trinajstić information content (AvgIpc) is 2.33. The van der Waals surface area contributed by atoms with Crippen LogP contribution in [-0.2, 0) is 4.79 Å². The number of hydrogen-bond donors (Lipinski definition) is 1. The van der Waals surface area contributed by atoms with Crippen molar-refractivity contribution in [3.63, 3.8) is 0 Å². The summed E-state index contributed by atoms with van der Waals surface area (Å²) < 4.78 is 0.934. The molecule has 1 aliphatic rings. The van der Waals surface area contributed by atoms with Crippen LogP contribution in [0.5, 0.6) is 0 Å². The second-order valence-electron chi connectivity index (χ2n) is 5.26. The third-order valence-corrected chi connectivity index (χ3v) is 3.76. The first kappa shape index (κ1) is 14.0. The smallest absolute Gasteiger partial charge is 0.245 e. The second kappa shape index (κ2) is 5.32. The summed E-state index contributed by atoms with van der Waals surface area (Å²) in [6.45, 7) is 4.69. The Morgan fingerprint density at radius 1 is 1.58 bits per heavy atom. The lowest BCUT2D eigenvalue weighted by Gasteiger charge is -2.45. The molecule has 1 heterocycles. The van der Waals surface area contributed by atoms with E-state index < -0.39 is 6.04 Å². The molecule has 0 saturated carbocycles. The first-order chi connectivity index (χ1) is 8.95. The fourth-order valence-corrected chi connectivity index (χ4v) is 2.72. The molecule has 5 heteroatoms. The van der Waals surface area contributed by atoms with Gasteiger partial charge in [-0.3, -0.25) is 4.79 Å². The fraction of sp³-hybridized carbons (Fsp3) is 0.429. The number of carbonyl (C=O) groups is 1. The topological polar surface area (TPSA) is 56.1 Å². The summed E-state index contributed by atoms with van der Waals surface area (Å²) in [5.74, 6) is -0.0455. The van der Waals surface area contributed by atoms with Gasteiger partial charge in [0, 0.05) is 16.7 Å². The molecular formula is C14H16BrN3O. The Bertz CT molecular complexity index is 536. The van der Waals surface area contributed by atoms with Gasteiger partial charge < -0.3 is 10.2 Å². The zero-order valence-electron chi connectivity index (χ0n) is 11.0. The molecule has 1 fully saturated rings. The maximum Gasteiger partial charge on any atom is 0.245 e. The van der Waals surface area contributed by atoms with Crippen LogP contribution in [0.2, 0.25) is 0 Å². The highest BCUT2D eigenvalue weighted by Crippen LogP contribution is 2.30. The van der Waals surface area contributed by atoms with Gasteiger partial charge >= 0.3 is 0 Å². The van der Waals surface area contributed by atoms with Crippen molar-refractivity contribution in [1.29, 1.82) is 5.26 Å². The van der Waals surface area contributed by atoms with Gasteiger partial charge in [0.15, 0.2) is 0 Å². The van der Waals surface area contributed by atoms with Crippen molar-refractivity contribution in [1.82, 2.24) is 5.32 Å². The van der Waals surface area contributed by atoms with Gasteiger partial charge in [0.1, 0.15) is 6.04 Å². The molecule has 1 saturated heterocycles. The summed E-state index contributed by atoms with van der Waals surface area (Å²) in [7, 11) is 0. The quantitative estimate of drug-likeness (QED) is 0.910. The third kappa shape index (κ3) is 2.80. The number of nitrogens with one attached hydrogen (secondary N) is 1. The third-order valence-electron chi connectivity index (χ3n) is 3.27. The Labute approximate surface area is 121 Å². The van der Waals surface area contributed by atoms with E-state index in [-0.39, 0.29) is 17.9 Å². The van der Waals surface area contributed by atoms with E-state index in [1.165, 1.54) is 0 Å². The summed E-state index contributed by atoms with van der Waals surface area (Å²) in [5.41, 5.74) is 0.540. The zero-order chi connectivity index (χ0) is 14.0. The molecule has 1 aromatic rings. The molecule has 0 radical (unpaired) electrons. The monoisotopic (exact) mass is 321 g/mol. The Morgan fingerprint density at radius 2 is 2.32 bits per heavy atom. The van der Waals surface area contributed by atoms with E-state index in [1.807, 2.05) is 38.1 Å². The van der Waals surface area contributed by atoms with E-state index in [1.54, 1.807) is 4.90 Å². The lowest BCUT2D eigenvalue weighted by molar-refractivity contribution is -0.123. The van der Waals surface area contributed by atoms with Gasteiger partial charge in [-0.15, -0.1) is 0 Å². The highest BCUT2D eigenvalue weighted by molar-refractivity contribution is 9.10. The lowest BCUT2D eigenvalue weighted by Crippen LogP contribution is -2.65. The lowest BCUT2D eigenvalue weighted by atomic mass is 9.95. The van der Waals surface area contributed by atoms with Crippen LogP contribution >= 0.6 is 15.9 Å². The molecule has 1 N–H and O–H groups in total. The van der Waals surface area contributed by atoms with Crippen molar-refractivity contribution in [3.8, 4) is 6.07 Å². The molecule has 100 valence electrons. The molecule has 2 rings (SSSR count). The Balaban J connectivity index is 2.38. The van der Waals surface area contributed by atoms with Crippen molar-refractivity contribution in [2.45, 2.75) is 31.8 Å². The van der Waals surface area contributed by atoms with Gasteiger partial charge in [-0.1, -0.05) is 22.0 Å². The molecule has 0 bridgehead atoms. The molecule has 19 heavy (non-hydrogen) atoms. The van der Waals surface area contributed by atoms with Crippen LogP contribution in [0.4, 0.5) is 5.69 Å². The van der Waals surface area contributed by atoms with Crippen molar-refractivity contribution in [3.05, 3.63) is 28.7 Å². The number of hydrogen-bond acceptors (Lipinski definition) is 3. The molecule has 4 nitrogen and oxygen atoms in total. The second-order valence-corrected chi connectivity index (χ2v) is 6.18. The number of rotatable bonds is 2. The van der Waals surface area contributed by atoms with Gasteiger partial charge in [0.05, 0.1) is 18.0 Å². The van der Waals surface area contributed by atoms with Crippen LogP contribution in [0.3, 0.4) is 0 Å². The molecule has 0 aromatic heterocycles. The summed E-state index contributed by atoms with van der Waals surface area (Å²) >= 11 is 3.43. The summed E-state index contributed by atoms with van der Waals surface area (Å²) in [4.78, 5) is 14.3. The minimum atomic E-state index is -0.419. The van der Waals surface area contributed by atoms with E-state index in [9.17, 15) is 4.79 Å². The van der Waals surface area contributed by atoms with E-state index >= 15 is 0 Å². The number of benzene rings is 1. The number of carbonyl (C=O) groups excluding carboxylic acids is 1. The Kier molecular flexibility index (Phi) is 3.93. The maximum atomic E-state index is 12.5. The van der Waals surface area contributed by atoms with Crippen molar-refractivity contribution >= 4 is 27.5 Å². The molecule has 1 aliphatic heterocycles. The predicted octanol–water partition coefficient (Wildman–Crippen LogP) is 2.45. The first-order valence-corrected chi connectivity index (χ1v) is 6.95. The molecular weight excluding hydrogens is 306 g/mol. The van der Waals surface area contributed by atoms with Crippen LogP contribution in [0, 0.1) is 11.3 Å². The predicted molar refractivity (Wildman–Crippen MR) is 77.7 cm³/mol. The van der Waals surface area contributed by atoms with Crippen LogP contribution in [0.25, 0.3) is 0 Å². The first-order valence-electron chi connectivity index (χ1n) is 6.16. The SMILES string of the molecule is CC1(C)CNC(CC#N)C(=O)N1c1cccc(Br)c1. The largest absolute Gasteiger partial charge is 0.304 e. The molecule has 1 atom stereocenters. The van der Waals surface area contributed by atoms with Gasteiger partial charge in [0.25, 0.3) is 0 Å². The number of amides is 1. The number of piperazine rings is 1. The molecule has 1 unspecified atom stereocenters. The molecule has 0 spiro atoms. The summed E-state index contributed by atoms with van der Waals surface area (Å²) in [6, 6.07) is 9.31. The Morgan fingerprint density at radius 3 is 2.95 bits per heavy atom. The van der Waals surface area contributed by atoms with Gasteiger partial charge in [0.2, 0.25) is 5.91 Å². The minimum absolute atomic E-state index is 0.0455. The van der Waals surface area contributed by atoms with Crippen molar-refractivity contribution in [2.75, 3.05) is 11.4 Å². The minimum Gasteiger partial charge on any atom is -0.304 e. The van der Waals surface area contributed by atoms with Gasteiger partial charge in [-0.2, -0.15) is 5.26 Å². The highest BCUT2D eigenvalue weighted by Gasteiger charge is 2.40. The average molecular weight is 322 g/mol. The van der Waals surface area contributed by atoms with Gasteiger partial charge in [-0.25, -0.2) is 0 Å². The van der Waals surface area contributed by atoms with Crippen LogP contribution in [0.1, 0.15) is 20.3 Å². The van der Waals surface area contributed by atoms with E-state index in [2.05, 4.69) is 27.3 Å². The van der Waals surface area contributed by atoms with E-state index in [0.29, 0.717) is 6.54 Å². The molecule has 1 aromatic carbocycles. The number of anilines is 1. The van der Waals surface area contributed by atoms with Crippen molar-refractivity contribution in [2.24, 2.45) is 0 Å². The van der Waals surface area contributed by atoms with Crippen molar-refractivity contribution < 1.29 is 4.79 Å². The van der Waals surface area contributed by atoms with Crippen LogP contribution < -0.4 is 10.2 Å². The zero-order valence-corrected chi connectivity index (χ0v) is 12.6. The Hall–Kier alpha value is -1.38. The number of nitriles is 1. The highest BCUT2D eigenvalue weighted by atomic mass is 79.9. The number of halogens is 1. The normalized spacial score (nSPS) is 22.1. The van der Waals surface area contributed by atoms with Crippen LogP contribution in [-0.4, -0.2) is 24.0 Å². The summed E-state index contributed by atoms with van der Waals surface area (Å²) in [5, 5.41) is 11.9. The molecule has 1 amide bonds. The standard InChI is InChI=1S/C14H16BrN3O/c1-14(2)9-17-12(6-7-16)13(19)18(14)11-5-3-4-10(15)8-11/h3-5,8,12,17H,6,9H2,1-2H3.